The minimum Gasteiger partial charge on any atom is -0.489 e. The molecule has 118 valence electrons. The van der Waals surface area contributed by atoms with E-state index >= 15 is 0 Å². The highest BCUT2D eigenvalue weighted by Gasteiger charge is 2.39. The van der Waals surface area contributed by atoms with Crippen LogP contribution in [0.25, 0.3) is 0 Å². The van der Waals surface area contributed by atoms with Crippen molar-refractivity contribution in [2.45, 2.75) is 51.0 Å². The van der Waals surface area contributed by atoms with Gasteiger partial charge in [-0.3, -0.25) is 0 Å². The van der Waals surface area contributed by atoms with Crippen molar-refractivity contribution in [1.82, 2.24) is 0 Å². The number of aliphatic imine (C=N–C) groups is 1. The monoisotopic (exact) mass is 365 g/mol. The van der Waals surface area contributed by atoms with Crippen LogP contribution in [0.3, 0.4) is 0 Å². The van der Waals surface area contributed by atoms with Gasteiger partial charge < -0.3 is 9.47 Å². The highest BCUT2D eigenvalue weighted by molar-refractivity contribution is 9.10. The van der Waals surface area contributed by atoms with E-state index in [9.17, 15) is 4.79 Å². The third kappa shape index (κ3) is 2.57. The third-order valence-corrected chi connectivity index (χ3v) is 5.21. The Morgan fingerprint density at radius 2 is 1.91 bits per heavy atom. The predicted molar refractivity (Wildman–Crippen MR) is 87.4 cm³/mol. The summed E-state index contributed by atoms with van der Waals surface area (Å²) >= 11 is 3.61. The van der Waals surface area contributed by atoms with E-state index in [0.717, 1.165) is 65.6 Å². The maximum absolute atomic E-state index is 11.0. The molecule has 0 atom stereocenters. The van der Waals surface area contributed by atoms with Gasteiger partial charge in [-0.1, -0.05) is 19.8 Å². The molecule has 2 aliphatic rings. The van der Waals surface area contributed by atoms with E-state index in [2.05, 4.69) is 33.9 Å². The fraction of sp³-hybridized carbons (Fsp3) is 0.588. The van der Waals surface area contributed by atoms with E-state index in [1.807, 2.05) is 0 Å². The minimum atomic E-state index is -0.444. The lowest BCUT2D eigenvalue weighted by Crippen LogP contribution is -2.21. The van der Waals surface area contributed by atoms with Crippen molar-refractivity contribution >= 4 is 22.0 Å². The average molecular weight is 366 g/mol. The molecular formula is C17H20BrNO3. The number of hydrogen-bond acceptors (Lipinski definition) is 4. The zero-order chi connectivity index (χ0) is 15.6. The summed E-state index contributed by atoms with van der Waals surface area (Å²) in [5, 5.41) is 0. The molecule has 0 spiro atoms. The Hall–Kier alpha value is -1.32. The van der Waals surface area contributed by atoms with Gasteiger partial charge in [0.15, 0.2) is 11.5 Å². The van der Waals surface area contributed by atoms with Gasteiger partial charge in [0.1, 0.15) is 0 Å². The first-order valence-electron chi connectivity index (χ1n) is 7.92. The SMILES string of the molecule is CCc1c(C2(N=C=O)CCCC2)cc(Br)c2c1OCCCO2. The minimum absolute atomic E-state index is 0.444. The fourth-order valence-corrected chi connectivity index (χ4v) is 4.12. The highest BCUT2D eigenvalue weighted by Crippen LogP contribution is 2.50. The molecule has 1 aliphatic heterocycles. The smallest absolute Gasteiger partial charge is 0.235 e. The zero-order valence-corrected chi connectivity index (χ0v) is 14.4. The normalized spacial score (nSPS) is 19.4. The molecule has 0 amide bonds. The molecule has 1 saturated carbocycles. The lowest BCUT2D eigenvalue weighted by Gasteiger charge is -2.28. The number of rotatable bonds is 3. The van der Waals surface area contributed by atoms with Gasteiger partial charge in [0.05, 0.1) is 23.2 Å². The van der Waals surface area contributed by atoms with E-state index in [-0.39, 0.29) is 0 Å². The van der Waals surface area contributed by atoms with Gasteiger partial charge in [-0.05, 0) is 46.8 Å². The van der Waals surface area contributed by atoms with Crippen LogP contribution < -0.4 is 9.47 Å². The number of halogens is 1. The molecule has 0 bridgehead atoms. The standard InChI is InChI=1S/C17H20BrNO3/c1-2-12-13(17(19-11-20)6-3-4-7-17)10-14(18)16-15(12)21-8-5-9-22-16/h10H,2-9H2,1H3. The molecule has 22 heavy (non-hydrogen) atoms. The number of benzene rings is 1. The van der Waals surface area contributed by atoms with E-state index in [1.54, 1.807) is 6.08 Å². The number of fused-ring (bicyclic) bond motifs is 1. The van der Waals surface area contributed by atoms with Crippen LogP contribution in [0.2, 0.25) is 0 Å². The Kier molecular flexibility index (Phi) is 4.55. The molecule has 0 unspecified atom stereocenters. The quantitative estimate of drug-likeness (QED) is 0.593. The second kappa shape index (κ2) is 6.43. The number of ether oxygens (including phenoxy) is 2. The molecule has 1 fully saturated rings. The van der Waals surface area contributed by atoms with Crippen LogP contribution in [-0.2, 0) is 16.8 Å². The van der Waals surface area contributed by atoms with Crippen LogP contribution in [0.15, 0.2) is 15.5 Å². The summed E-state index contributed by atoms with van der Waals surface area (Å²) in [6.45, 7) is 3.42. The molecule has 0 saturated heterocycles. The van der Waals surface area contributed by atoms with Crippen molar-refractivity contribution in [3.8, 4) is 11.5 Å². The Labute approximate surface area is 139 Å². The topological polar surface area (TPSA) is 47.9 Å². The summed E-state index contributed by atoms with van der Waals surface area (Å²) in [6.07, 6.45) is 7.44. The molecule has 4 nitrogen and oxygen atoms in total. The van der Waals surface area contributed by atoms with Crippen molar-refractivity contribution in [3.05, 3.63) is 21.7 Å². The summed E-state index contributed by atoms with van der Waals surface area (Å²) < 4.78 is 12.7. The lowest BCUT2D eigenvalue weighted by molar-refractivity contribution is 0.295. The van der Waals surface area contributed by atoms with Crippen molar-refractivity contribution in [3.63, 3.8) is 0 Å². The molecule has 1 aliphatic carbocycles. The maximum Gasteiger partial charge on any atom is 0.235 e. The molecule has 5 heteroatoms. The van der Waals surface area contributed by atoms with Crippen LogP contribution >= 0.6 is 15.9 Å². The molecule has 3 rings (SSSR count). The first-order chi connectivity index (χ1) is 10.7. The van der Waals surface area contributed by atoms with Gasteiger partial charge in [-0.2, -0.15) is 4.99 Å². The second-order valence-electron chi connectivity index (χ2n) is 5.89. The highest BCUT2D eigenvalue weighted by atomic mass is 79.9. The Morgan fingerprint density at radius 1 is 1.23 bits per heavy atom. The molecule has 1 aromatic carbocycles. The fourth-order valence-electron chi connectivity index (χ4n) is 3.60. The summed E-state index contributed by atoms with van der Waals surface area (Å²) in [4.78, 5) is 15.2. The Bertz CT molecular complexity index is 617. The number of isocyanates is 1. The van der Waals surface area contributed by atoms with E-state index in [0.29, 0.717) is 13.2 Å². The molecule has 0 radical (unpaired) electrons. The average Bonchev–Trinajstić information content (AvgIpc) is 2.84. The van der Waals surface area contributed by atoms with Gasteiger partial charge >= 0.3 is 0 Å². The summed E-state index contributed by atoms with van der Waals surface area (Å²) in [5.41, 5.74) is 1.76. The van der Waals surface area contributed by atoms with Gasteiger partial charge in [-0.25, -0.2) is 4.79 Å². The lowest BCUT2D eigenvalue weighted by atomic mass is 9.84. The first kappa shape index (κ1) is 15.6. The summed E-state index contributed by atoms with van der Waals surface area (Å²) in [7, 11) is 0. The van der Waals surface area contributed by atoms with Crippen LogP contribution in [0.4, 0.5) is 0 Å². The van der Waals surface area contributed by atoms with Crippen molar-refractivity contribution in [2.75, 3.05) is 13.2 Å². The largest absolute Gasteiger partial charge is 0.489 e. The van der Waals surface area contributed by atoms with Crippen LogP contribution in [0.1, 0.15) is 50.2 Å². The van der Waals surface area contributed by atoms with Crippen molar-refractivity contribution in [1.29, 1.82) is 0 Å². The van der Waals surface area contributed by atoms with E-state index in [4.69, 9.17) is 9.47 Å². The van der Waals surface area contributed by atoms with Crippen LogP contribution in [0, 0.1) is 0 Å². The van der Waals surface area contributed by atoms with Gasteiger partial charge in [0.2, 0.25) is 6.08 Å². The molecule has 1 heterocycles. The van der Waals surface area contributed by atoms with Crippen molar-refractivity contribution < 1.29 is 14.3 Å². The number of nitrogens with zero attached hydrogens (tertiary/aromatic N) is 1. The Balaban J connectivity index is 2.21. The predicted octanol–water partition coefficient (Wildman–Crippen LogP) is 4.28. The number of hydrogen-bond donors (Lipinski definition) is 0. The van der Waals surface area contributed by atoms with Gasteiger partial charge in [0, 0.05) is 12.0 Å². The van der Waals surface area contributed by atoms with Gasteiger partial charge in [-0.15, -0.1) is 0 Å². The molecule has 0 aromatic heterocycles. The number of carbonyl (C=O) groups excluding carboxylic acids is 1. The first-order valence-corrected chi connectivity index (χ1v) is 8.71. The second-order valence-corrected chi connectivity index (χ2v) is 6.74. The van der Waals surface area contributed by atoms with E-state index in [1.165, 1.54) is 0 Å². The molecular weight excluding hydrogens is 346 g/mol. The van der Waals surface area contributed by atoms with Crippen molar-refractivity contribution in [2.24, 2.45) is 4.99 Å². The van der Waals surface area contributed by atoms with Crippen LogP contribution in [0.5, 0.6) is 11.5 Å². The summed E-state index contributed by atoms with van der Waals surface area (Å²) in [6, 6.07) is 2.07. The third-order valence-electron chi connectivity index (χ3n) is 4.62. The van der Waals surface area contributed by atoms with E-state index < -0.39 is 5.54 Å². The summed E-state index contributed by atoms with van der Waals surface area (Å²) in [5.74, 6) is 1.60. The molecule has 1 aromatic rings. The molecule has 0 N–H and O–H groups in total. The Morgan fingerprint density at radius 3 is 2.55 bits per heavy atom. The van der Waals surface area contributed by atoms with Gasteiger partial charge in [0.25, 0.3) is 0 Å². The maximum atomic E-state index is 11.0. The van der Waals surface area contributed by atoms with Crippen LogP contribution in [-0.4, -0.2) is 19.3 Å². The zero-order valence-electron chi connectivity index (χ0n) is 12.8.